The SMILES string of the molecule is CC(C)C1=CCC=CO1. The summed E-state index contributed by atoms with van der Waals surface area (Å²) in [6, 6.07) is 0. The molecule has 0 aromatic carbocycles. The average Bonchev–Trinajstić information content (AvgIpc) is 1.90. The van der Waals surface area contributed by atoms with Crippen molar-refractivity contribution >= 4 is 0 Å². The van der Waals surface area contributed by atoms with E-state index in [-0.39, 0.29) is 0 Å². The van der Waals surface area contributed by atoms with Gasteiger partial charge in [-0.25, -0.2) is 0 Å². The minimum atomic E-state index is 0.523. The molecule has 0 fully saturated rings. The molecular weight excluding hydrogens is 112 g/mol. The molecule has 0 unspecified atom stereocenters. The Hall–Kier alpha value is -0.720. The summed E-state index contributed by atoms with van der Waals surface area (Å²) < 4.78 is 5.22. The molecule has 1 nitrogen and oxygen atoms in total. The highest BCUT2D eigenvalue weighted by molar-refractivity contribution is 5.05. The fourth-order valence-electron chi connectivity index (χ4n) is 0.786. The molecule has 1 heteroatoms. The van der Waals surface area contributed by atoms with E-state index < -0.39 is 0 Å². The van der Waals surface area contributed by atoms with E-state index >= 15 is 0 Å². The monoisotopic (exact) mass is 124 g/mol. The molecule has 0 aromatic heterocycles. The largest absolute Gasteiger partial charge is 0.470 e. The standard InChI is InChI=1S/C8H12O/c1-7(2)8-5-3-4-6-9-8/h4-7H,3H2,1-2H3. The highest BCUT2D eigenvalue weighted by Crippen LogP contribution is 2.15. The lowest BCUT2D eigenvalue weighted by Crippen LogP contribution is -1.97. The molecule has 0 amide bonds. The molecule has 0 bridgehead atoms. The zero-order valence-corrected chi connectivity index (χ0v) is 5.92. The van der Waals surface area contributed by atoms with Crippen molar-refractivity contribution in [2.75, 3.05) is 0 Å². The van der Waals surface area contributed by atoms with Crippen LogP contribution in [0.5, 0.6) is 0 Å². The van der Waals surface area contributed by atoms with Crippen molar-refractivity contribution in [1.82, 2.24) is 0 Å². The summed E-state index contributed by atoms with van der Waals surface area (Å²) in [6.45, 7) is 4.26. The third-order valence-electron chi connectivity index (χ3n) is 1.32. The second-order valence-electron chi connectivity index (χ2n) is 2.49. The van der Waals surface area contributed by atoms with Crippen LogP contribution in [0.15, 0.2) is 24.2 Å². The summed E-state index contributed by atoms with van der Waals surface area (Å²) in [5.74, 6) is 1.62. The maximum Gasteiger partial charge on any atom is 0.102 e. The van der Waals surface area contributed by atoms with Gasteiger partial charge in [-0.3, -0.25) is 0 Å². The minimum Gasteiger partial charge on any atom is -0.470 e. The van der Waals surface area contributed by atoms with Crippen molar-refractivity contribution in [3.63, 3.8) is 0 Å². The molecule has 0 atom stereocenters. The van der Waals surface area contributed by atoms with E-state index in [0.717, 1.165) is 12.2 Å². The van der Waals surface area contributed by atoms with E-state index in [4.69, 9.17) is 4.74 Å². The molecule has 9 heavy (non-hydrogen) atoms. The van der Waals surface area contributed by atoms with E-state index in [0.29, 0.717) is 5.92 Å². The van der Waals surface area contributed by atoms with Gasteiger partial charge < -0.3 is 4.74 Å². The van der Waals surface area contributed by atoms with E-state index in [1.165, 1.54) is 0 Å². The normalized spacial score (nSPS) is 17.4. The Balaban J connectivity index is 2.50. The number of rotatable bonds is 1. The smallest absolute Gasteiger partial charge is 0.102 e. The van der Waals surface area contributed by atoms with Crippen LogP contribution >= 0.6 is 0 Å². The highest BCUT2D eigenvalue weighted by atomic mass is 16.5. The molecule has 1 aliphatic rings. The zero-order chi connectivity index (χ0) is 6.69. The Morgan fingerprint density at radius 3 is 2.67 bits per heavy atom. The van der Waals surface area contributed by atoms with Crippen molar-refractivity contribution in [2.45, 2.75) is 20.3 Å². The first-order valence-electron chi connectivity index (χ1n) is 3.32. The first-order valence-corrected chi connectivity index (χ1v) is 3.32. The number of hydrogen-bond donors (Lipinski definition) is 0. The Labute approximate surface area is 56.0 Å². The molecule has 1 aliphatic heterocycles. The van der Waals surface area contributed by atoms with Crippen LogP contribution in [0.4, 0.5) is 0 Å². The molecule has 0 spiro atoms. The molecule has 0 radical (unpaired) electrons. The van der Waals surface area contributed by atoms with Gasteiger partial charge in [-0.1, -0.05) is 13.8 Å². The van der Waals surface area contributed by atoms with Crippen molar-refractivity contribution in [1.29, 1.82) is 0 Å². The van der Waals surface area contributed by atoms with Gasteiger partial charge in [0.2, 0.25) is 0 Å². The van der Waals surface area contributed by atoms with Crippen LogP contribution in [-0.2, 0) is 4.74 Å². The van der Waals surface area contributed by atoms with Crippen LogP contribution in [0.25, 0.3) is 0 Å². The second-order valence-corrected chi connectivity index (χ2v) is 2.49. The van der Waals surface area contributed by atoms with E-state index in [9.17, 15) is 0 Å². The van der Waals surface area contributed by atoms with Crippen LogP contribution in [0.1, 0.15) is 20.3 Å². The first kappa shape index (κ1) is 6.40. The second kappa shape index (κ2) is 2.72. The molecule has 1 rings (SSSR count). The van der Waals surface area contributed by atoms with Crippen LogP contribution in [0.3, 0.4) is 0 Å². The number of ether oxygens (including phenoxy) is 1. The van der Waals surface area contributed by atoms with Crippen molar-refractivity contribution < 1.29 is 4.74 Å². The highest BCUT2D eigenvalue weighted by Gasteiger charge is 2.03. The quantitative estimate of drug-likeness (QED) is 0.521. The lowest BCUT2D eigenvalue weighted by atomic mass is 10.1. The van der Waals surface area contributed by atoms with Gasteiger partial charge in [0.1, 0.15) is 5.76 Å². The lowest BCUT2D eigenvalue weighted by molar-refractivity contribution is 0.296. The summed E-state index contributed by atoms with van der Waals surface area (Å²) in [7, 11) is 0. The maximum absolute atomic E-state index is 5.22. The summed E-state index contributed by atoms with van der Waals surface area (Å²) in [5.41, 5.74) is 0. The first-order chi connectivity index (χ1) is 4.30. The topological polar surface area (TPSA) is 9.23 Å². The molecule has 0 saturated carbocycles. The Morgan fingerprint density at radius 1 is 1.56 bits per heavy atom. The molecule has 0 aliphatic carbocycles. The van der Waals surface area contributed by atoms with E-state index in [1.54, 1.807) is 6.26 Å². The third kappa shape index (κ3) is 1.60. The Morgan fingerprint density at radius 2 is 2.33 bits per heavy atom. The van der Waals surface area contributed by atoms with Crippen LogP contribution in [0.2, 0.25) is 0 Å². The van der Waals surface area contributed by atoms with E-state index in [2.05, 4.69) is 19.9 Å². The van der Waals surface area contributed by atoms with Crippen molar-refractivity contribution in [2.24, 2.45) is 5.92 Å². The molecule has 0 N–H and O–H groups in total. The molecule has 0 aromatic rings. The summed E-state index contributed by atoms with van der Waals surface area (Å²) in [5, 5.41) is 0. The van der Waals surface area contributed by atoms with Gasteiger partial charge in [-0.15, -0.1) is 0 Å². The predicted molar refractivity (Wildman–Crippen MR) is 37.8 cm³/mol. The summed E-state index contributed by atoms with van der Waals surface area (Å²) >= 11 is 0. The van der Waals surface area contributed by atoms with Gasteiger partial charge in [0.05, 0.1) is 6.26 Å². The number of hydrogen-bond acceptors (Lipinski definition) is 1. The Bertz CT molecular complexity index is 143. The van der Waals surface area contributed by atoms with Crippen LogP contribution in [-0.4, -0.2) is 0 Å². The van der Waals surface area contributed by atoms with Gasteiger partial charge in [0.15, 0.2) is 0 Å². The van der Waals surface area contributed by atoms with Gasteiger partial charge in [-0.05, 0) is 18.6 Å². The van der Waals surface area contributed by atoms with E-state index in [1.807, 2.05) is 6.08 Å². The Kier molecular flexibility index (Phi) is 1.93. The maximum atomic E-state index is 5.22. The summed E-state index contributed by atoms with van der Waals surface area (Å²) in [4.78, 5) is 0. The van der Waals surface area contributed by atoms with Gasteiger partial charge in [0.25, 0.3) is 0 Å². The van der Waals surface area contributed by atoms with Crippen LogP contribution < -0.4 is 0 Å². The van der Waals surface area contributed by atoms with Gasteiger partial charge in [0, 0.05) is 5.92 Å². The molecule has 0 saturated heterocycles. The predicted octanol–water partition coefficient (Wildman–Crippen LogP) is 2.46. The van der Waals surface area contributed by atoms with Crippen LogP contribution in [0, 0.1) is 5.92 Å². The minimum absolute atomic E-state index is 0.523. The van der Waals surface area contributed by atoms with Gasteiger partial charge in [-0.2, -0.15) is 0 Å². The fraction of sp³-hybridized carbons (Fsp3) is 0.500. The number of allylic oxidation sites excluding steroid dienone is 3. The van der Waals surface area contributed by atoms with Crippen molar-refractivity contribution in [3.8, 4) is 0 Å². The molecular formula is C8H12O. The average molecular weight is 124 g/mol. The van der Waals surface area contributed by atoms with Crippen molar-refractivity contribution in [3.05, 3.63) is 24.2 Å². The summed E-state index contributed by atoms with van der Waals surface area (Å²) in [6.07, 6.45) is 6.90. The zero-order valence-electron chi connectivity index (χ0n) is 5.92. The third-order valence-corrected chi connectivity index (χ3v) is 1.32. The van der Waals surface area contributed by atoms with Gasteiger partial charge >= 0.3 is 0 Å². The fourth-order valence-corrected chi connectivity index (χ4v) is 0.786. The molecule has 50 valence electrons. The lowest BCUT2D eigenvalue weighted by Gasteiger charge is -2.11. The molecule has 1 heterocycles.